The summed E-state index contributed by atoms with van der Waals surface area (Å²) in [4.78, 5) is 0. The molecule has 0 bridgehead atoms. The third kappa shape index (κ3) is 3.02. The van der Waals surface area contributed by atoms with E-state index in [1.54, 1.807) is 18.2 Å². The first-order valence-electron chi connectivity index (χ1n) is 4.96. The van der Waals surface area contributed by atoms with Crippen molar-refractivity contribution in [1.29, 1.82) is 0 Å². The van der Waals surface area contributed by atoms with Crippen LogP contribution >= 0.6 is 39.1 Å². The molecule has 0 amide bonds. The normalized spacial score (nSPS) is 12.5. The van der Waals surface area contributed by atoms with Gasteiger partial charge in [-0.3, -0.25) is 0 Å². The second-order valence-electron chi connectivity index (χ2n) is 3.62. The molecule has 0 fully saturated rings. The molecule has 2 rings (SSSR count). The summed E-state index contributed by atoms with van der Waals surface area (Å²) in [5.41, 5.74) is 1.43. The van der Waals surface area contributed by atoms with Crippen LogP contribution in [0.25, 0.3) is 0 Å². The molecule has 1 atom stereocenters. The third-order valence-corrected chi connectivity index (χ3v) is 3.48. The minimum absolute atomic E-state index is 0.463. The van der Waals surface area contributed by atoms with E-state index in [4.69, 9.17) is 23.2 Å². The van der Waals surface area contributed by atoms with Crippen molar-refractivity contribution in [2.45, 2.75) is 6.10 Å². The lowest BCUT2D eigenvalue weighted by molar-refractivity contribution is 0.220. The molecule has 17 heavy (non-hydrogen) atoms. The fourth-order valence-corrected chi connectivity index (χ4v) is 2.51. The Labute approximate surface area is 118 Å². The predicted molar refractivity (Wildman–Crippen MR) is 74.7 cm³/mol. The molecule has 0 saturated heterocycles. The highest BCUT2D eigenvalue weighted by atomic mass is 79.9. The predicted octanol–water partition coefficient (Wildman–Crippen LogP) is 4.84. The molecule has 1 N–H and O–H groups in total. The van der Waals surface area contributed by atoms with Crippen LogP contribution < -0.4 is 0 Å². The van der Waals surface area contributed by atoms with Crippen molar-refractivity contribution < 1.29 is 5.11 Å². The van der Waals surface area contributed by atoms with Crippen molar-refractivity contribution in [2.75, 3.05) is 0 Å². The smallest absolute Gasteiger partial charge is 0.106 e. The monoisotopic (exact) mass is 330 g/mol. The second kappa shape index (κ2) is 5.40. The van der Waals surface area contributed by atoms with E-state index in [9.17, 15) is 5.11 Å². The van der Waals surface area contributed by atoms with E-state index in [-0.39, 0.29) is 0 Å². The summed E-state index contributed by atoms with van der Waals surface area (Å²) in [6.07, 6.45) is -0.753. The van der Waals surface area contributed by atoms with Gasteiger partial charge in [0, 0.05) is 20.1 Å². The minimum atomic E-state index is -0.753. The van der Waals surface area contributed by atoms with E-state index in [1.165, 1.54) is 0 Å². The summed E-state index contributed by atoms with van der Waals surface area (Å²) in [6.45, 7) is 0. The number of hydrogen-bond acceptors (Lipinski definition) is 1. The van der Waals surface area contributed by atoms with Crippen LogP contribution in [0.4, 0.5) is 0 Å². The summed E-state index contributed by atoms with van der Waals surface area (Å²) < 4.78 is 0.916. The SMILES string of the molecule is OC(c1cccc(Br)c1)c1ccc(Cl)cc1Cl. The van der Waals surface area contributed by atoms with E-state index in [0.29, 0.717) is 15.6 Å². The number of rotatable bonds is 2. The van der Waals surface area contributed by atoms with Crippen LogP contribution in [-0.2, 0) is 0 Å². The van der Waals surface area contributed by atoms with Crippen molar-refractivity contribution in [3.05, 3.63) is 68.1 Å². The number of hydrogen-bond donors (Lipinski definition) is 1. The molecule has 0 aliphatic rings. The van der Waals surface area contributed by atoms with Gasteiger partial charge in [0.25, 0.3) is 0 Å². The lowest BCUT2D eigenvalue weighted by Gasteiger charge is -2.13. The summed E-state index contributed by atoms with van der Waals surface area (Å²) in [7, 11) is 0. The molecule has 2 aromatic carbocycles. The Bertz CT molecular complexity index is 543. The van der Waals surface area contributed by atoms with Crippen LogP contribution in [0.15, 0.2) is 46.9 Å². The van der Waals surface area contributed by atoms with Gasteiger partial charge < -0.3 is 5.11 Å². The molecule has 0 aliphatic heterocycles. The second-order valence-corrected chi connectivity index (χ2v) is 5.38. The van der Waals surface area contributed by atoms with Crippen LogP contribution in [-0.4, -0.2) is 5.11 Å². The fraction of sp³-hybridized carbons (Fsp3) is 0.0769. The molecule has 88 valence electrons. The average Bonchev–Trinajstić information content (AvgIpc) is 2.28. The van der Waals surface area contributed by atoms with Gasteiger partial charge in [0.15, 0.2) is 0 Å². The zero-order valence-corrected chi connectivity index (χ0v) is 11.8. The highest BCUT2D eigenvalue weighted by molar-refractivity contribution is 9.10. The Morgan fingerprint density at radius 1 is 1.06 bits per heavy atom. The fourth-order valence-electron chi connectivity index (χ4n) is 1.58. The Balaban J connectivity index is 2.40. The Hall–Kier alpha value is -0.540. The molecule has 0 radical (unpaired) electrons. The summed E-state index contributed by atoms with van der Waals surface area (Å²) in [5, 5.41) is 11.3. The van der Waals surface area contributed by atoms with Gasteiger partial charge in [-0.25, -0.2) is 0 Å². The minimum Gasteiger partial charge on any atom is -0.384 e. The molecule has 4 heteroatoms. The highest BCUT2D eigenvalue weighted by Gasteiger charge is 2.14. The summed E-state index contributed by atoms with van der Waals surface area (Å²) in [6, 6.07) is 12.5. The van der Waals surface area contributed by atoms with Gasteiger partial charge in [0.05, 0.1) is 0 Å². The maximum absolute atomic E-state index is 10.2. The van der Waals surface area contributed by atoms with Crippen LogP contribution in [0.5, 0.6) is 0 Å². The molecule has 0 aliphatic carbocycles. The van der Waals surface area contributed by atoms with Gasteiger partial charge >= 0.3 is 0 Å². The van der Waals surface area contributed by atoms with Gasteiger partial charge in [0.1, 0.15) is 6.10 Å². The molecule has 1 unspecified atom stereocenters. The molecular formula is C13H9BrCl2O. The van der Waals surface area contributed by atoms with Crippen molar-refractivity contribution in [3.63, 3.8) is 0 Å². The first kappa shape index (κ1) is 12.9. The van der Waals surface area contributed by atoms with Crippen molar-refractivity contribution in [2.24, 2.45) is 0 Å². The highest BCUT2D eigenvalue weighted by Crippen LogP contribution is 2.31. The summed E-state index contributed by atoms with van der Waals surface area (Å²) in [5.74, 6) is 0. The third-order valence-electron chi connectivity index (χ3n) is 2.42. The van der Waals surface area contributed by atoms with E-state index >= 15 is 0 Å². The summed E-state index contributed by atoms with van der Waals surface area (Å²) >= 11 is 15.2. The van der Waals surface area contributed by atoms with Crippen molar-refractivity contribution >= 4 is 39.1 Å². The van der Waals surface area contributed by atoms with E-state index in [0.717, 1.165) is 10.0 Å². The molecular weight excluding hydrogens is 323 g/mol. The quantitative estimate of drug-likeness (QED) is 0.835. The van der Waals surface area contributed by atoms with E-state index < -0.39 is 6.10 Å². The number of aliphatic hydroxyl groups is 1. The first-order chi connectivity index (χ1) is 8.08. The Morgan fingerprint density at radius 3 is 2.47 bits per heavy atom. The van der Waals surface area contributed by atoms with Gasteiger partial charge in [-0.05, 0) is 29.8 Å². The zero-order chi connectivity index (χ0) is 12.4. The maximum atomic E-state index is 10.2. The Kier molecular flexibility index (Phi) is 4.10. The van der Waals surface area contributed by atoms with Crippen molar-refractivity contribution in [1.82, 2.24) is 0 Å². The lowest BCUT2D eigenvalue weighted by Crippen LogP contribution is -2.00. The van der Waals surface area contributed by atoms with Crippen LogP contribution in [0, 0.1) is 0 Å². The largest absolute Gasteiger partial charge is 0.384 e. The Morgan fingerprint density at radius 2 is 1.82 bits per heavy atom. The molecule has 1 nitrogen and oxygen atoms in total. The maximum Gasteiger partial charge on any atom is 0.106 e. The zero-order valence-electron chi connectivity index (χ0n) is 8.70. The van der Waals surface area contributed by atoms with Gasteiger partial charge in [-0.1, -0.05) is 57.3 Å². The molecule has 0 aromatic heterocycles. The number of aliphatic hydroxyl groups excluding tert-OH is 1. The lowest BCUT2D eigenvalue weighted by atomic mass is 10.0. The van der Waals surface area contributed by atoms with Gasteiger partial charge in [0.2, 0.25) is 0 Å². The van der Waals surface area contributed by atoms with Crippen LogP contribution in [0.3, 0.4) is 0 Å². The van der Waals surface area contributed by atoms with Crippen LogP contribution in [0.2, 0.25) is 10.0 Å². The molecule has 2 aromatic rings. The molecule has 0 spiro atoms. The molecule has 0 saturated carbocycles. The average molecular weight is 332 g/mol. The van der Waals surface area contributed by atoms with Crippen LogP contribution in [0.1, 0.15) is 17.2 Å². The van der Waals surface area contributed by atoms with Crippen molar-refractivity contribution in [3.8, 4) is 0 Å². The van der Waals surface area contributed by atoms with E-state index in [2.05, 4.69) is 15.9 Å². The topological polar surface area (TPSA) is 20.2 Å². The van der Waals surface area contributed by atoms with Gasteiger partial charge in [-0.2, -0.15) is 0 Å². The van der Waals surface area contributed by atoms with Gasteiger partial charge in [-0.15, -0.1) is 0 Å². The standard InChI is InChI=1S/C13H9BrCl2O/c14-9-3-1-2-8(6-9)13(17)11-5-4-10(15)7-12(11)16/h1-7,13,17H. The molecule has 0 heterocycles. The number of halogens is 3. The number of benzene rings is 2. The first-order valence-corrected chi connectivity index (χ1v) is 6.51. The van der Waals surface area contributed by atoms with E-state index in [1.807, 2.05) is 24.3 Å².